The monoisotopic (exact) mass is 596 g/mol. The van der Waals surface area contributed by atoms with Gasteiger partial charge >= 0.3 is 12.1 Å². The predicted octanol–water partition coefficient (Wildman–Crippen LogP) is 7.55. The maximum absolute atomic E-state index is 15.2. The number of ether oxygens (including phenoxy) is 2. The maximum atomic E-state index is 15.2. The lowest BCUT2D eigenvalue weighted by Gasteiger charge is -2.59. The first kappa shape index (κ1) is 30.2. The number of halogens is 5. The van der Waals surface area contributed by atoms with Gasteiger partial charge in [-0.25, -0.2) is 0 Å². The second-order valence-corrected chi connectivity index (χ2v) is 14.6. The Morgan fingerprint density at radius 1 is 0.976 bits per heavy atom. The quantitative estimate of drug-likeness (QED) is 0.280. The minimum absolute atomic E-state index is 0.0587. The SMILES string of the molecule is C=Cc1cccc([C@H]2C[C@@]3(C)C(CCC3(O)C(F)(F)C(F)(F)F)C3CCC4(O)CC5(CCC4=C32)OCC(C)(C)CO5)c1. The van der Waals surface area contributed by atoms with Gasteiger partial charge in [0.05, 0.1) is 18.8 Å². The number of allylic oxidation sites excluding steroid dienone is 1. The molecule has 2 N–H and O–H groups in total. The van der Waals surface area contributed by atoms with Gasteiger partial charge in [-0.3, -0.25) is 0 Å². The average molecular weight is 597 g/mol. The molecular formula is C33H41F5O4. The van der Waals surface area contributed by atoms with Crippen LogP contribution in [0.3, 0.4) is 0 Å². The zero-order valence-electron chi connectivity index (χ0n) is 24.5. The molecular weight excluding hydrogens is 555 g/mol. The van der Waals surface area contributed by atoms with Crippen LogP contribution < -0.4 is 0 Å². The molecule has 6 atom stereocenters. The molecule has 1 aromatic rings. The first-order chi connectivity index (χ1) is 19.4. The Morgan fingerprint density at radius 2 is 1.67 bits per heavy atom. The molecule has 3 saturated carbocycles. The molecule has 0 radical (unpaired) electrons. The highest BCUT2D eigenvalue weighted by molar-refractivity contribution is 5.51. The maximum Gasteiger partial charge on any atom is 0.456 e. The van der Waals surface area contributed by atoms with Gasteiger partial charge < -0.3 is 19.7 Å². The van der Waals surface area contributed by atoms with E-state index in [1.54, 1.807) is 6.08 Å². The third-order valence-corrected chi connectivity index (χ3v) is 11.4. The molecule has 5 aliphatic rings. The van der Waals surface area contributed by atoms with Gasteiger partial charge in [0.25, 0.3) is 0 Å². The van der Waals surface area contributed by atoms with Crippen molar-refractivity contribution in [1.29, 1.82) is 0 Å². The summed E-state index contributed by atoms with van der Waals surface area (Å²) in [7, 11) is 0. The van der Waals surface area contributed by atoms with Crippen molar-refractivity contribution in [3.8, 4) is 0 Å². The Kier molecular flexibility index (Phi) is 6.73. The zero-order valence-corrected chi connectivity index (χ0v) is 24.5. The van der Waals surface area contributed by atoms with Crippen LogP contribution in [0.25, 0.3) is 6.08 Å². The van der Waals surface area contributed by atoms with Crippen molar-refractivity contribution in [2.75, 3.05) is 13.2 Å². The first-order valence-corrected chi connectivity index (χ1v) is 15.0. The smallest absolute Gasteiger partial charge is 0.385 e. The number of rotatable bonds is 3. The minimum atomic E-state index is -5.88. The van der Waals surface area contributed by atoms with Gasteiger partial charge in [-0.05, 0) is 67.1 Å². The van der Waals surface area contributed by atoms with E-state index in [9.17, 15) is 23.4 Å². The summed E-state index contributed by atoms with van der Waals surface area (Å²) < 4.78 is 84.4. The molecule has 9 heteroatoms. The molecule has 232 valence electrons. The molecule has 1 heterocycles. The van der Waals surface area contributed by atoms with Crippen LogP contribution in [0.1, 0.15) is 89.2 Å². The Morgan fingerprint density at radius 3 is 2.31 bits per heavy atom. The van der Waals surface area contributed by atoms with Crippen molar-refractivity contribution in [3.63, 3.8) is 0 Å². The molecule has 4 nitrogen and oxygen atoms in total. The lowest BCUT2D eigenvalue weighted by molar-refractivity contribution is -0.362. The standard InChI is InChI=1S/C33H41F5O4/c1-5-20-7-6-8-21(15-20)23-16-28(4)24(11-14-31(28,40)32(34,35)33(36,37)38)22-9-12-29(39)17-30(13-10-25(29)26(22)23)41-18-27(2,3)19-42-30/h5-8,15,22-24,39-40H,1,9-14,16-19H2,2-4H3/t22?,23-,24?,28+,29?,31?/m1/s1. The van der Waals surface area contributed by atoms with Gasteiger partial charge in [0, 0.05) is 29.6 Å². The summed E-state index contributed by atoms with van der Waals surface area (Å²) >= 11 is 0. The van der Waals surface area contributed by atoms with Gasteiger partial charge in [0.2, 0.25) is 0 Å². The summed E-state index contributed by atoms with van der Waals surface area (Å²) in [6.07, 6.45) is -2.88. The fraction of sp³-hybridized carbons (Fsp3) is 0.697. The largest absolute Gasteiger partial charge is 0.456 e. The second kappa shape index (κ2) is 9.35. The molecule has 0 aromatic heterocycles. The van der Waals surface area contributed by atoms with Gasteiger partial charge in [-0.1, -0.05) is 63.3 Å². The molecule has 6 rings (SSSR count). The number of alkyl halides is 5. The molecule has 0 amide bonds. The summed E-state index contributed by atoms with van der Waals surface area (Å²) in [6, 6.07) is 7.41. The highest BCUT2D eigenvalue weighted by Crippen LogP contribution is 2.71. The van der Waals surface area contributed by atoms with E-state index < -0.39 is 52.8 Å². The number of hydrogen-bond acceptors (Lipinski definition) is 4. The summed E-state index contributed by atoms with van der Waals surface area (Å²) in [6.45, 7) is 10.4. The topological polar surface area (TPSA) is 58.9 Å². The third kappa shape index (κ3) is 4.20. The van der Waals surface area contributed by atoms with E-state index in [2.05, 4.69) is 20.4 Å². The van der Waals surface area contributed by atoms with Crippen LogP contribution in [-0.4, -0.2) is 52.5 Å². The first-order valence-electron chi connectivity index (χ1n) is 15.0. The number of aliphatic hydroxyl groups is 2. The molecule has 4 fully saturated rings. The van der Waals surface area contributed by atoms with Crippen molar-refractivity contribution >= 4 is 6.08 Å². The summed E-state index contributed by atoms with van der Waals surface area (Å²) in [5, 5.41) is 23.7. The lowest BCUT2D eigenvalue weighted by Crippen LogP contribution is -2.65. The fourth-order valence-electron chi connectivity index (χ4n) is 9.21. The van der Waals surface area contributed by atoms with Crippen LogP contribution >= 0.6 is 0 Å². The van der Waals surface area contributed by atoms with E-state index in [1.165, 1.54) is 6.92 Å². The highest BCUT2D eigenvalue weighted by Gasteiger charge is 2.79. The van der Waals surface area contributed by atoms with Crippen molar-refractivity contribution < 1.29 is 41.6 Å². The van der Waals surface area contributed by atoms with E-state index in [0.29, 0.717) is 38.9 Å². The molecule has 1 aliphatic heterocycles. The van der Waals surface area contributed by atoms with Crippen molar-refractivity contribution in [1.82, 2.24) is 0 Å². The minimum Gasteiger partial charge on any atom is -0.385 e. The summed E-state index contributed by atoms with van der Waals surface area (Å²) in [5.74, 6) is -7.65. The van der Waals surface area contributed by atoms with E-state index in [4.69, 9.17) is 9.47 Å². The molecule has 4 unspecified atom stereocenters. The molecule has 1 saturated heterocycles. The summed E-state index contributed by atoms with van der Waals surface area (Å²) in [4.78, 5) is 0. The molecule has 1 spiro atoms. The highest BCUT2D eigenvalue weighted by atomic mass is 19.4. The number of hydrogen-bond donors (Lipinski definition) is 2. The van der Waals surface area contributed by atoms with Crippen molar-refractivity contribution in [2.45, 2.75) is 107 Å². The van der Waals surface area contributed by atoms with Gasteiger partial charge in [0.15, 0.2) is 5.79 Å². The van der Waals surface area contributed by atoms with Crippen LogP contribution in [0.4, 0.5) is 22.0 Å². The van der Waals surface area contributed by atoms with Gasteiger partial charge in [0.1, 0.15) is 5.60 Å². The molecule has 42 heavy (non-hydrogen) atoms. The van der Waals surface area contributed by atoms with E-state index in [-0.39, 0.29) is 30.6 Å². The van der Waals surface area contributed by atoms with E-state index in [1.807, 2.05) is 24.3 Å². The number of benzene rings is 1. The second-order valence-electron chi connectivity index (χ2n) is 14.6. The van der Waals surface area contributed by atoms with E-state index >= 15 is 8.78 Å². The van der Waals surface area contributed by atoms with Crippen LogP contribution in [-0.2, 0) is 9.47 Å². The van der Waals surface area contributed by atoms with Crippen LogP contribution in [0.2, 0.25) is 0 Å². The number of fused-ring (bicyclic) bond motifs is 4. The molecule has 1 aromatic carbocycles. The zero-order chi connectivity index (χ0) is 30.6. The summed E-state index contributed by atoms with van der Waals surface area (Å²) in [5.41, 5.74) is -2.98. The predicted molar refractivity (Wildman–Crippen MR) is 148 cm³/mol. The third-order valence-electron chi connectivity index (χ3n) is 11.4. The van der Waals surface area contributed by atoms with E-state index in [0.717, 1.165) is 22.3 Å². The Labute approximate surface area is 244 Å². The molecule has 0 bridgehead atoms. The van der Waals surface area contributed by atoms with Gasteiger partial charge in [-0.15, -0.1) is 0 Å². The van der Waals surface area contributed by atoms with Crippen molar-refractivity contribution in [3.05, 3.63) is 53.1 Å². The van der Waals surface area contributed by atoms with Gasteiger partial charge in [-0.2, -0.15) is 22.0 Å². The molecule has 4 aliphatic carbocycles. The Balaban J connectivity index is 1.47. The van der Waals surface area contributed by atoms with Crippen LogP contribution in [0.15, 0.2) is 42.0 Å². The lowest BCUT2D eigenvalue weighted by atomic mass is 9.49. The van der Waals surface area contributed by atoms with Crippen LogP contribution in [0.5, 0.6) is 0 Å². The average Bonchev–Trinajstić information content (AvgIpc) is 3.20. The van der Waals surface area contributed by atoms with Crippen molar-refractivity contribution in [2.24, 2.45) is 22.7 Å². The fourth-order valence-corrected chi connectivity index (χ4v) is 9.21. The normalized spacial score (nSPS) is 39.4. The Bertz CT molecular complexity index is 1290. The van der Waals surface area contributed by atoms with Crippen LogP contribution in [0, 0.1) is 22.7 Å². The Hall–Kier alpha value is -1.81.